The first kappa shape index (κ1) is 10.1. The summed E-state index contributed by atoms with van der Waals surface area (Å²) in [6.45, 7) is 0.955. The molecule has 2 aromatic rings. The molecule has 1 unspecified atom stereocenters. The number of piperidine rings is 1. The Hall–Kier alpha value is -2.05. The second-order valence-corrected chi connectivity index (χ2v) is 4.01. The molecule has 17 heavy (non-hydrogen) atoms. The van der Waals surface area contributed by atoms with E-state index in [0.29, 0.717) is 0 Å². The van der Waals surface area contributed by atoms with Crippen molar-refractivity contribution in [1.29, 1.82) is 0 Å². The molecule has 0 amide bonds. The van der Waals surface area contributed by atoms with Gasteiger partial charge in [0.15, 0.2) is 12.2 Å². The van der Waals surface area contributed by atoms with E-state index >= 15 is 0 Å². The second-order valence-electron chi connectivity index (χ2n) is 4.01. The summed E-state index contributed by atoms with van der Waals surface area (Å²) >= 11 is 0. The van der Waals surface area contributed by atoms with Gasteiger partial charge in [-0.15, -0.1) is 5.10 Å². The molecule has 2 aromatic heterocycles. The highest BCUT2D eigenvalue weighted by atomic mass is 15.5. The molecule has 0 aromatic carbocycles. The van der Waals surface area contributed by atoms with Gasteiger partial charge in [0.25, 0.3) is 0 Å². The molecule has 1 aliphatic rings. The van der Waals surface area contributed by atoms with Gasteiger partial charge in [-0.1, -0.05) is 0 Å². The Morgan fingerprint density at radius 2 is 2.41 bits per heavy atom. The fraction of sp³-hybridized carbons (Fsp3) is 0.500. The predicted molar refractivity (Wildman–Crippen MR) is 59.0 cm³/mol. The lowest BCUT2D eigenvalue weighted by Crippen LogP contribution is -2.34. The van der Waals surface area contributed by atoms with Crippen molar-refractivity contribution in [2.24, 2.45) is 0 Å². The van der Waals surface area contributed by atoms with Gasteiger partial charge < -0.3 is 4.90 Å². The van der Waals surface area contributed by atoms with Crippen molar-refractivity contribution in [3.05, 3.63) is 24.4 Å². The highest BCUT2D eigenvalue weighted by Gasteiger charge is 2.27. The van der Waals surface area contributed by atoms with Crippen molar-refractivity contribution < 1.29 is 0 Å². The van der Waals surface area contributed by atoms with E-state index in [1.54, 1.807) is 6.20 Å². The van der Waals surface area contributed by atoms with Crippen molar-refractivity contribution >= 4 is 5.82 Å². The molecule has 0 bridgehead atoms. The van der Waals surface area contributed by atoms with Crippen molar-refractivity contribution in [3.8, 4) is 0 Å². The van der Waals surface area contributed by atoms with Gasteiger partial charge in [-0.3, -0.25) is 0 Å². The Bertz CT molecular complexity index is 455. The summed E-state index contributed by atoms with van der Waals surface area (Å²) < 4.78 is 0. The third kappa shape index (κ3) is 1.95. The molecule has 3 rings (SSSR count). The number of nitrogens with one attached hydrogen (secondary N) is 1. The minimum Gasteiger partial charge on any atom is -0.346 e. The zero-order valence-corrected chi connectivity index (χ0v) is 9.24. The fourth-order valence-electron chi connectivity index (χ4n) is 2.21. The van der Waals surface area contributed by atoms with Crippen molar-refractivity contribution in [2.45, 2.75) is 25.3 Å². The zero-order valence-electron chi connectivity index (χ0n) is 9.24. The Morgan fingerprint density at radius 3 is 3.18 bits per heavy atom. The smallest absolute Gasteiger partial charge is 0.199 e. The number of aromatic nitrogens is 6. The van der Waals surface area contributed by atoms with E-state index < -0.39 is 0 Å². The van der Waals surface area contributed by atoms with E-state index in [2.05, 4.69) is 41.8 Å². The van der Waals surface area contributed by atoms with Crippen molar-refractivity contribution in [1.82, 2.24) is 30.6 Å². The van der Waals surface area contributed by atoms with Crippen LogP contribution in [0.2, 0.25) is 0 Å². The molecule has 87 valence electrons. The molecule has 7 nitrogen and oxygen atoms in total. The van der Waals surface area contributed by atoms with E-state index in [9.17, 15) is 0 Å². The highest BCUT2D eigenvalue weighted by Crippen LogP contribution is 2.31. The van der Waals surface area contributed by atoms with Gasteiger partial charge >= 0.3 is 0 Å². The van der Waals surface area contributed by atoms with Crippen LogP contribution in [-0.4, -0.2) is 37.1 Å². The molecule has 1 atom stereocenters. The summed E-state index contributed by atoms with van der Waals surface area (Å²) in [6, 6.07) is 2.06. The highest BCUT2D eigenvalue weighted by molar-refractivity contribution is 5.39. The lowest BCUT2D eigenvalue weighted by Gasteiger charge is -2.34. The number of rotatable bonds is 2. The van der Waals surface area contributed by atoms with Crippen molar-refractivity contribution in [3.63, 3.8) is 0 Å². The SMILES string of the molecule is [c]1nccc(N2CCCCC2c2nnn[nH]2)n1. The third-order valence-electron chi connectivity index (χ3n) is 2.99. The summed E-state index contributed by atoms with van der Waals surface area (Å²) in [5.74, 6) is 1.67. The summed E-state index contributed by atoms with van der Waals surface area (Å²) in [4.78, 5) is 10.2. The molecule has 7 heteroatoms. The first-order chi connectivity index (χ1) is 8.45. The molecule has 0 spiro atoms. The summed E-state index contributed by atoms with van der Waals surface area (Å²) in [6.07, 6.45) is 7.68. The zero-order chi connectivity index (χ0) is 11.5. The van der Waals surface area contributed by atoms with E-state index in [0.717, 1.165) is 31.0 Å². The first-order valence-electron chi connectivity index (χ1n) is 5.64. The van der Waals surface area contributed by atoms with Crippen LogP contribution in [0.5, 0.6) is 0 Å². The average Bonchev–Trinajstić information content (AvgIpc) is 2.94. The summed E-state index contributed by atoms with van der Waals surface area (Å²) in [5, 5.41) is 14.1. The van der Waals surface area contributed by atoms with Gasteiger partial charge in [0, 0.05) is 12.7 Å². The van der Waals surface area contributed by atoms with Gasteiger partial charge in [-0.2, -0.15) is 0 Å². The normalized spacial score (nSPS) is 20.5. The van der Waals surface area contributed by atoms with Crippen LogP contribution in [0.3, 0.4) is 0 Å². The number of nitrogens with zero attached hydrogens (tertiary/aromatic N) is 6. The molecule has 1 saturated heterocycles. The Balaban J connectivity index is 1.91. The Labute approximate surface area is 98.3 Å². The van der Waals surface area contributed by atoms with Crippen LogP contribution in [0.15, 0.2) is 12.3 Å². The number of anilines is 1. The molecule has 1 radical (unpaired) electrons. The summed E-state index contributed by atoms with van der Waals surface area (Å²) in [7, 11) is 0. The van der Waals surface area contributed by atoms with Crippen LogP contribution in [0.4, 0.5) is 5.82 Å². The lowest BCUT2D eigenvalue weighted by atomic mass is 10.0. The lowest BCUT2D eigenvalue weighted by molar-refractivity contribution is 0.453. The van der Waals surface area contributed by atoms with Crippen LogP contribution >= 0.6 is 0 Å². The predicted octanol–water partition coefficient (Wildman–Crippen LogP) is 0.521. The van der Waals surface area contributed by atoms with Gasteiger partial charge in [-0.05, 0) is 35.8 Å². The average molecular weight is 230 g/mol. The molecule has 1 fully saturated rings. The minimum atomic E-state index is 0.169. The number of H-pyrrole nitrogens is 1. The van der Waals surface area contributed by atoms with E-state index in [4.69, 9.17) is 0 Å². The first-order valence-corrected chi connectivity index (χ1v) is 5.64. The van der Waals surface area contributed by atoms with E-state index in [-0.39, 0.29) is 6.04 Å². The molecular formula is C10H12N7. The third-order valence-corrected chi connectivity index (χ3v) is 2.99. The van der Waals surface area contributed by atoms with Gasteiger partial charge in [0.05, 0.1) is 6.04 Å². The quantitative estimate of drug-likeness (QED) is 0.809. The molecule has 1 aliphatic heterocycles. The fourth-order valence-corrected chi connectivity index (χ4v) is 2.21. The Kier molecular flexibility index (Phi) is 2.65. The summed E-state index contributed by atoms with van der Waals surface area (Å²) in [5.41, 5.74) is 0. The van der Waals surface area contributed by atoms with Crippen LogP contribution in [0, 0.1) is 6.33 Å². The number of hydrogen-bond donors (Lipinski definition) is 1. The van der Waals surface area contributed by atoms with Crippen LogP contribution in [0.25, 0.3) is 0 Å². The van der Waals surface area contributed by atoms with Gasteiger partial charge in [0.1, 0.15) is 5.82 Å². The maximum absolute atomic E-state index is 4.17. The largest absolute Gasteiger partial charge is 0.346 e. The molecular weight excluding hydrogens is 218 g/mol. The molecule has 0 saturated carbocycles. The van der Waals surface area contributed by atoms with Crippen LogP contribution in [-0.2, 0) is 0 Å². The van der Waals surface area contributed by atoms with Gasteiger partial charge in [-0.25, -0.2) is 15.1 Å². The van der Waals surface area contributed by atoms with Crippen LogP contribution < -0.4 is 4.90 Å². The van der Waals surface area contributed by atoms with Crippen molar-refractivity contribution in [2.75, 3.05) is 11.4 Å². The molecule has 0 aliphatic carbocycles. The maximum atomic E-state index is 4.17. The standard InChI is InChI=1S/C10H12N7/c1-2-6-17(9-4-5-11-7-12-9)8(3-1)10-13-15-16-14-10/h4-5,8H,1-3,6H2,(H,13,14,15,16). The maximum Gasteiger partial charge on any atom is 0.199 e. The van der Waals surface area contributed by atoms with E-state index in [1.807, 2.05) is 6.07 Å². The number of aromatic amines is 1. The second kappa shape index (κ2) is 4.44. The van der Waals surface area contributed by atoms with E-state index in [1.165, 1.54) is 6.42 Å². The van der Waals surface area contributed by atoms with Gasteiger partial charge in [0.2, 0.25) is 0 Å². The monoisotopic (exact) mass is 230 g/mol. The number of tetrazole rings is 1. The topological polar surface area (TPSA) is 83.5 Å². The Morgan fingerprint density at radius 1 is 1.41 bits per heavy atom. The van der Waals surface area contributed by atoms with Crippen LogP contribution in [0.1, 0.15) is 31.1 Å². The minimum absolute atomic E-state index is 0.169. The number of hydrogen-bond acceptors (Lipinski definition) is 6. The molecule has 3 heterocycles. The molecule has 1 N–H and O–H groups in total.